The summed E-state index contributed by atoms with van der Waals surface area (Å²) in [5, 5.41) is 288. The quantitative estimate of drug-likeness (QED) is 0.0200. The Morgan fingerprint density at radius 3 is 0.453 bits per heavy atom. The van der Waals surface area contributed by atoms with E-state index in [1.54, 1.807) is 0 Å². The number of rotatable bonds is 40. The third-order valence-electron chi connectivity index (χ3n) is 21.5. The van der Waals surface area contributed by atoms with Crippen molar-refractivity contribution in [1.82, 2.24) is 0 Å². The molecule has 0 unspecified atom stereocenters. The molecule has 41 atom stereocenters. The fourth-order valence-electron chi connectivity index (χ4n) is 14.7. The number of carboxylic acid groups (broad SMARTS) is 8. The van der Waals surface area contributed by atoms with Gasteiger partial charge in [-0.15, -0.1) is 0 Å². The Hall–Kier alpha value is 5.08. The summed E-state index contributed by atoms with van der Waals surface area (Å²) in [5.41, 5.74) is 0. The molecule has 0 spiro atoms. The number of carbonyl (C=O) groups is 8. The second-order valence-corrected chi connectivity index (χ2v) is 40.5. The van der Waals surface area contributed by atoms with Crippen LogP contribution in [0.4, 0.5) is 0 Å². The summed E-state index contributed by atoms with van der Waals surface area (Å²) in [6, 6.07) is 0. The third kappa shape index (κ3) is 41.9. The molecule has 30 aliphatic rings. The molecule has 137 heavy (non-hydrogen) atoms. The Morgan fingerprint density at radius 1 is 0.197 bits per heavy atom. The van der Waals surface area contributed by atoms with Crippen molar-refractivity contribution < 1.29 is 477 Å². The SMILES string of the molecule is O=C([O-])CCSC[C@H]1O[C@@H]2O[C@H]3[C@H](O)[C@@H](O)[C@@H](O[C@H]4[C@H](O)[C@@H](O)[C@@H](O[C@H]5[C@H](O)[C@@H](O)[C@@H](O[C@H]6[C@H](O)[C@@H](O)[C@@H](O[C@H]7[C@H](O)[C@@H](O)[C@@H](O[C@H]8[C@H](O)[C@@H](O)[C@@H](O[C@H]9[C@H](O)[C@@H](O)[C@@H](O[C@H]1[C@H](O)[C@H]2O)O[C@@H]9CSCCC(=O)[O-])O[C@@H]8CSCCC(=O)[O-])O[C@@H]7CSCCC(=O)[O-])O[C@@H]6C[S@](=O)CCC(=O)[O-])O[C@@H]5CSCCC(=O)[O-])O[C@@H]4CSCCC(=O)[O-])O[C@@H]3CSCCC(=O)[O-].[Na+].[Na+].[Na+].[Na+].[Na+].[Na+].[Na+].[Na+]. The van der Waals surface area contributed by atoms with Crippen LogP contribution in [-0.2, 0) is 125 Å². The van der Waals surface area contributed by atoms with Crippen molar-refractivity contribution in [1.29, 1.82) is 0 Å². The molecule has 30 heterocycles. The van der Waals surface area contributed by atoms with Gasteiger partial charge in [0.25, 0.3) is 0 Å². The first-order valence-electron chi connectivity index (χ1n) is 40.5. The summed E-state index contributed by atoms with van der Waals surface area (Å²) in [6.45, 7) is 0. The monoisotopic (exact) mass is 2190 g/mol. The van der Waals surface area contributed by atoms with E-state index in [9.17, 15) is 165 Å². The van der Waals surface area contributed by atoms with E-state index in [4.69, 9.17) is 75.8 Å². The van der Waals surface area contributed by atoms with E-state index in [0.29, 0.717) is 0 Å². The maximum atomic E-state index is 13.9. The number of hydrogen-bond acceptors (Lipinski definition) is 56. The van der Waals surface area contributed by atoms with E-state index < -0.39 is 407 Å². The fraction of sp³-hybridized carbons (Fsp3) is 0.889. The minimum Gasteiger partial charge on any atom is -0.550 e. The Balaban J connectivity index is 0.0000117. The number of carboxylic acids is 8. The van der Waals surface area contributed by atoms with Crippen LogP contribution in [0.3, 0.4) is 0 Å². The maximum Gasteiger partial charge on any atom is 1.00 e. The zero-order valence-electron chi connectivity index (χ0n) is 76.0. The molecule has 0 amide bonds. The molecule has 16 N–H and O–H groups in total. The van der Waals surface area contributed by atoms with Gasteiger partial charge in [-0.25, -0.2) is 0 Å². The summed E-state index contributed by atoms with van der Waals surface area (Å²) in [7, 11) is -2.37. The summed E-state index contributed by atoms with van der Waals surface area (Å²) < 4.78 is 113. The van der Waals surface area contributed by atoms with E-state index in [-0.39, 0.29) is 277 Å². The number of carbonyl (C=O) groups excluding carboxylic acids is 8. The Kier molecular flexibility index (Phi) is 71.4. The Labute approximate surface area is 993 Å². The number of ether oxygens (including phenoxy) is 16. The summed E-state index contributed by atoms with van der Waals surface area (Å²) in [6.07, 6.45) is -90.9. The second kappa shape index (κ2) is 69.8. The van der Waals surface area contributed by atoms with Crippen molar-refractivity contribution in [3.05, 3.63) is 0 Å². The minimum absolute atomic E-state index is 0. The van der Waals surface area contributed by atoms with E-state index in [0.717, 1.165) is 82.3 Å². The molecule has 0 aliphatic carbocycles. The van der Waals surface area contributed by atoms with Crippen LogP contribution >= 0.6 is 82.3 Å². The van der Waals surface area contributed by atoms with E-state index in [1.165, 1.54) is 0 Å². The van der Waals surface area contributed by atoms with Crippen LogP contribution in [0.2, 0.25) is 0 Å². The van der Waals surface area contributed by atoms with Crippen molar-refractivity contribution in [2.24, 2.45) is 0 Å². The second-order valence-electron chi connectivity index (χ2n) is 30.8. The maximum absolute atomic E-state index is 13.9. The molecule has 0 saturated carbocycles. The van der Waals surface area contributed by atoms with Crippen LogP contribution in [0.25, 0.3) is 0 Å². The summed E-state index contributed by atoms with van der Waals surface area (Å²) >= 11 is 5.60. The number of aliphatic hydroxyl groups is 16. The molecule has 0 aromatic carbocycles. The van der Waals surface area contributed by atoms with Crippen LogP contribution in [0.15, 0.2) is 0 Å². The largest absolute Gasteiger partial charge is 1.00 e. The van der Waals surface area contributed by atoms with Gasteiger partial charge in [-0.3, -0.25) is 4.21 Å². The minimum atomic E-state index is -2.46. The molecule has 30 rings (SSSR count). The van der Waals surface area contributed by atoms with E-state index in [1.807, 2.05) is 0 Å². The molecule has 742 valence electrons. The Bertz CT molecular complexity index is 3490. The van der Waals surface area contributed by atoms with Gasteiger partial charge in [-0.1, -0.05) is 0 Å². The fourth-order valence-corrected chi connectivity index (χ4v) is 22.8. The average molecular weight is 2190 g/mol. The zero-order chi connectivity index (χ0) is 94.5. The molecule has 49 nitrogen and oxygen atoms in total. The molecule has 30 fully saturated rings. The Morgan fingerprint density at radius 2 is 0.321 bits per heavy atom. The van der Waals surface area contributed by atoms with Gasteiger partial charge in [0.05, 0.1) is 48.5 Å². The van der Waals surface area contributed by atoms with Gasteiger partial charge in [0.2, 0.25) is 0 Å². The normalized spacial score (nSPS) is 39.1. The molecule has 0 radical (unpaired) electrons. The van der Waals surface area contributed by atoms with Crippen molar-refractivity contribution in [2.75, 3.05) is 92.0 Å². The van der Waals surface area contributed by atoms with Gasteiger partial charge in [-0.05, 0) is 91.6 Å². The molecule has 30 saturated heterocycles. The van der Waals surface area contributed by atoms with Crippen molar-refractivity contribution in [3.63, 3.8) is 0 Å². The predicted molar refractivity (Wildman–Crippen MR) is 421 cm³/mol. The molecule has 0 aromatic heterocycles. The van der Waals surface area contributed by atoms with Crippen LogP contribution in [0.1, 0.15) is 51.4 Å². The van der Waals surface area contributed by atoms with Crippen LogP contribution in [0.5, 0.6) is 0 Å². The van der Waals surface area contributed by atoms with Gasteiger partial charge < -0.3 is 237 Å². The molecule has 30 aliphatic heterocycles. The van der Waals surface area contributed by atoms with Gasteiger partial charge >= 0.3 is 236 Å². The molecule has 0 aromatic rings. The first-order chi connectivity index (χ1) is 61.1. The van der Waals surface area contributed by atoms with Gasteiger partial charge in [0, 0.05) is 105 Å². The summed E-state index contributed by atoms with van der Waals surface area (Å²) in [5.74, 6) is -19.0. The van der Waals surface area contributed by atoms with Gasteiger partial charge in [0.15, 0.2) is 50.3 Å². The first-order valence-corrected chi connectivity index (χ1v) is 50.1. The van der Waals surface area contributed by atoms with E-state index >= 15 is 0 Å². The molecular formula is C72H104Na8O49S8. The predicted octanol–water partition coefficient (Wildman–Crippen LogP) is -43.3. The first kappa shape index (κ1) is 140. The van der Waals surface area contributed by atoms with Crippen LogP contribution in [-0.4, -0.2) is 471 Å². The number of hydrogen-bond donors (Lipinski definition) is 16. The standard InChI is InChI=1S/C72H112O49S8.8Na/c73-33(74)1-9-122-17-25-57-41(89)49(97)65(106-25)115-58-26(18-123-10-2-34(75)76)108-67(51(99)43(58)91)117-60-28(20-125-12-4-36(79)80)110-69(53(101)45(60)93)119-62-30(22-127-14-6-38(83)84)112-71(55(103)47(62)95)121-64-32(24-129(105)16-8-40(87)88)113-72(56(104)48(64)96)120-63-31(23-128-15-7-39(85)86)111-70(54(102)46(63)94)118-61-29(21-126-13-5-37(81)82)109-68(52(100)44(61)92)116-59-27(19-124-11-3-35(77)78)107-66(114-57)50(98)42(59)90;;;;;;;;/h25-32,41-72,89-104H,1-24H2,(H,73,74)(H,75,76)(H,77,78)(H,79,80)(H,81,82)(H,83,84)(H,85,86)(H,87,88);;;;;;;;/q;8*+1/p-8/t25-,26-,27-,28-,29-,30-,31-,32-,41-,42-,43-,44-,45-,46-,47-,48-,49-,50-,51-,52-,53-,54-,55-,56-,57-,58-,59-,60-,61-,62-,63-,64-,65-,66-,67-,68-,69-,70-,71-,72-,129-;;;;;;;;/m1......../s1. The topological polar surface area (TPSA) is 809 Å². The van der Waals surface area contributed by atoms with Crippen molar-refractivity contribution >= 4 is 141 Å². The van der Waals surface area contributed by atoms with Crippen LogP contribution < -0.4 is 277 Å². The van der Waals surface area contributed by atoms with Crippen LogP contribution in [0, 0.1) is 0 Å². The van der Waals surface area contributed by atoms with Gasteiger partial charge in [-0.2, -0.15) is 82.3 Å². The van der Waals surface area contributed by atoms with Gasteiger partial charge in [0.1, 0.15) is 153 Å². The average Bonchev–Trinajstić information content (AvgIpc) is 0.768. The summed E-state index contributed by atoms with van der Waals surface area (Å²) in [4.78, 5) is 93.4. The van der Waals surface area contributed by atoms with Crippen molar-refractivity contribution in [3.8, 4) is 0 Å². The molecular weight excluding hydrogens is 2090 g/mol. The smallest absolute Gasteiger partial charge is 0.550 e. The third-order valence-corrected chi connectivity index (χ3v) is 30.2. The number of aliphatic carboxylic acids is 8. The number of thioether (sulfide) groups is 7. The zero-order valence-corrected chi connectivity index (χ0v) is 98.5. The van der Waals surface area contributed by atoms with E-state index in [2.05, 4.69) is 0 Å². The molecule has 16 bridgehead atoms. The van der Waals surface area contributed by atoms with Crippen molar-refractivity contribution in [2.45, 2.75) is 297 Å². The number of aliphatic hydroxyl groups excluding tert-OH is 16. The molecule has 65 heteroatoms.